The molecular formula is C14H20N2O3. The predicted molar refractivity (Wildman–Crippen MR) is 73.4 cm³/mol. The van der Waals surface area contributed by atoms with E-state index in [9.17, 15) is 4.79 Å². The molecule has 1 saturated carbocycles. The fraction of sp³-hybridized carbons (Fsp3) is 0.500. The van der Waals surface area contributed by atoms with Crippen LogP contribution in [0, 0.1) is 0 Å². The first-order valence-corrected chi connectivity index (χ1v) is 6.57. The lowest BCUT2D eigenvalue weighted by molar-refractivity contribution is 0.127. The maximum absolute atomic E-state index is 12.3. The van der Waals surface area contributed by atoms with E-state index < -0.39 is 0 Å². The summed E-state index contributed by atoms with van der Waals surface area (Å²) >= 11 is 0. The van der Waals surface area contributed by atoms with Crippen LogP contribution in [0.25, 0.3) is 0 Å². The zero-order valence-corrected chi connectivity index (χ0v) is 11.1. The van der Waals surface area contributed by atoms with Crippen molar-refractivity contribution < 1.29 is 14.6 Å². The number of carbonyl (C=O) groups excluding carboxylic acids is 1. The maximum Gasteiger partial charge on any atom is 0.322 e. The first kappa shape index (κ1) is 13.7. The van der Waals surface area contributed by atoms with E-state index in [1.807, 2.05) is 12.1 Å². The summed E-state index contributed by atoms with van der Waals surface area (Å²) in [6.07, 6.45) is 3.17. The van der Waals surface area contributed by atoms with E-state index in [4.69, 9.17) is 9.84 Å². The lowest BCUT2D eigenvalue weighted by atomic mass is 9.92. The SMILES string of the molecule is COc1ccccc1NC(=O)N(CCO)C1CCC1. The molecule has 2 amide bonds. The molecule has 0 heterocycles. The number of hydrogen-bond acceptors (Lipinski definition) is 3. The summed E-state index contributed by atoms with van der Waals surface area (Å²) in [6.45, 7) is 0.349. The molecule has 104 valence electrons. The monoisotopic (exact) mass is 264 g/mol. The van der Waals surface area contributed by atoms with E-state index in [-0.39, 0.29) is 18.7 Å². The number of nitrogens with zero attached hydrogens (tertiary/aromatic N) is 1. The fourth-order valence-corrected chi connectivity index (χ4v) is 2.19. The highest BCUT2D eigenvalue weighted by molar-refractivity contribution is 5.91. The number of para-hydroxylation sites is 2. The molecule has 0 unspecified atom stereocenters. The molecule has 0 aromatic heterocycles. The van der Waals surface area contributed by atoms with E-state index in [1.165, 1.54) is 0 Å². The third kappa shape index (κ3) is 3.17. The minimum Gasteiger partial charge on any atom is -0.495 e. The molecule has 1 aliphatic carbocycles. The largest absolute Gasteiger partial charge is 0.495 e. The van der Waals surface area contributed by atoms with Gasteiger partial charge in [-0.2, -0.15) is 0 Å². The van der Waals surface area contributed by atoms with Crippen molar-refractivity contribution in [3.8, 4) is 5.75 Å². The highest BCUT2D eigenvalue weighted by atomic mass is 16.5. The van der Waals surface area contributed by atoms with Crippen LogP contribution in [0.2, 0.25) is 0 Å². The highest BCUT2D eigenvalue weighted by Crippen LogP contribution is 2.27. The quantitative estimate of drug-likeness (QED) is 0.856. The van der Waals surface area contributed by atoms with E-state index in [1.54, 1.807) is 24.1 Å². The Hall–Kier alpha value is -1.75. The summed E-state index contributed by atoms with van der Waals surface area (Å²) in [5.74, 6) is 0.633. The number of methoxy groups -OCH3 is 1. The summed E-state index contributed by atoms with van der Waals surface area (Å²) in [4.78, 5) is 14.0. The highest BCUT2D eigenvalue weighted by Gasteiger charge is 2.28. The van der Waals surface area contributed by atoms with E-state index in [2.05, 4.69) is 5.32 Å². The second-order valence-corrected chi connectivity index (χ2v) is 4.63. The van der Waals surface area contributed by atoms with Crippen LogP contribution >= 0.6 is 0 Å². The van der Waals surface area contributed by atoms with Gasteiger partial charge in [-0.3, -0.25) is 0 Å². The van der Waals surface area contributed by atoms with Crippen molar-refractivity contribution in [3.63, 3.8) is 0 Å². The molecule has 0 saturated heterocycles. The minimum absolute atomic E-state index is 0.0180. The van der Waals surface area contributed by atoms with Gasteiger partial charge in [-0.1, -0.05) is 12.1 Å². The lowest BCUT2D eigenvalue weighted by Gasteiger charge is -2.37. The van der Waals surface area contributed by atoms with Crippen LogP contribution in [0.3, 0.4) is 0 Å². The average molecular weight is 264 g/mol. The second-order valence-electron chi connectivity index (χ2n) is 4.63. The van der Waals surface area contributed by atoms with Crippen molar-refractivity contribution in [2.75, 3.05) is 25.6 Å². The van der Waals surface area contributed by atoms with Crippen molar-refractivity contribution >= 4 is 11.7 Å². The minimum atomic E-state index is -0.178. The number of rotatable bonds is 5. The molecule has 19 heavy (non-hydrogen) atoms. The predicted octanol–water partition coefficient (Wildman–Crippen LogP) is 2.07. The summed E-state index contributed by atoms with van der Waals surface area (Å²) in [7, 11) is 1.57. The molecule has 0 aliphatic heterocycles. The van der Waals surface area contributed by atoms with E-state index in [0.29, 0.717) is 18.0 Å². The second kappa shape index (κ2) is 6.43. The van der Waals surface area contributed by atoms with Gasteiger partial charge in [-0.25, -0.2) is 4.79 Å². The van der Waals surface area contributed by atoms with Crippen LogP contribution < -0.4 is 10.1 Å². The number of nitrogens with one attached hydrogen (secondary N) is 1. The van der Waals surface area contributed by atoms with Gasteiger partial charge >= 0.3 is 6.03 Å². The molecule has 1 fully saturated rings. The number of benzene rings is 1. The van der Waals surface area contributed by atoms with Gasteiger partial charge in [-0.05, 0) is 31.4 Å². The third-order valence-corrected chi connectivity index (χ3v) is 3.47. The number of anilines is 1. The molecule has 2 N–H and O–H groups in total. The van der Waals surface area contributed by atoms with Crippen molar-refractivity contribution in [3.05, 3.63) is 24.3 Å². The topological polar surface area (TPSA) is 61.8 Å². The molecule has 2 rings (SSSR count). The first-order chi connectivity index (χ1) is 9.26. The van der Waals surface area contributed by atoms with Crippen LogP contribution in [0.15, 0.2) is 24.3 Å². The standard InChI is InChI=1S/C14H20N2O3/c1-19-13-8-3-2-7-12(13)15-14(18)16(9-10-17)11-5-4-6-11/h2-3,7-8,11,17H,4-6,9-10H2,1H3,(H,15,18). The number of hydrogen-bond donors (Lipinski definition) is 2. The van der Waals surface area contributed by atoms with Crippen LogP contribution in [-0.2, 0) is 0 Å². The third-order valence-electron chi connectivity index (χ3n) is 3.47. The van der Waals surface area contributed by atoms with Gasteiger partial charge in [0.05, 0.1) is 19.4 Å². The van der Waals surface area contributed by atoms with Gasteiger partial charge in [0.25, 0.3) is 0 Å². The molecule has 1 aliphatic rings. The Morgan fingerprint density at radius 1 is 1.47 bits per heavy atom. The molecule has 0 radical (unpaired) electrons. The van der Waals surface area contributed by atoms with Crippen molar-refractivity contribution in [1.82, 2.24) is 4.90 Å². The van der Waals surface area contributed by atoms with Gasteiger partial charge in [-0.15, -0.1) is 0 Å². The zero-order valence-electron chi connectivity index (χ0n) is 11.1. The Bertz CT molecular complexity index is 432. The smallest absolute Gasteiger partial charge is 0.322 e. The molecule has 0 spiro atoms. The number of amides is 2. The van der Waals surface area contributed by atoms with E-state index in [0.717, 1.165) is 19.3 Å². The lowest BCUT2D eigenvalue weighted by Crippen LogP contribution is -2.47. The Labute approximate surface area is 113 Å². The summed E-state index contributed by atoms with van der Waals surface area (Å²) < 4.78 is 5.20. The molecule has 1 aromatic carbocycles. The van der Waals surface area contributed by atoms with Crippen molar-refractivity contribution in [1.29, 1.82) is 0 Å². The number of urea groups is 1. The molecule has 0 bridgehead atoms. The average Bonchev–Trinajstić information content (AvgIpc) is 2.36. The van der Waals surface area contributed by atoms with Crippen molar-refractivity contribution in [2.24, 2.45) is 0 Å². The van der Waals surface area contributed by atoms with Crippen LogP contribution in [0.1, 0.15) is 19.3 Å². The Balaban J connectivity index is 2.05. The number of aliphatic hydroxyl groups is 1. The normalized spacial score (nSPS) is 14.6. The Morgan fingerprint density at radius 2 is 2.21 bits per heavy atom. The number of ether oxygens (including phenoxy) is 1. The zero-order chi connectivity index (χ0) is 13.7. The van der Waals surface area contributed by atoms with Crippen LogP contribution in [0.4, 0.5) is 10.5 Å². The molecule has 0 atom stereocenters. The Kier molecular flexibility index (Phi) is 4.63. The maximum atomic E-state index is 12.3. The molecule has 1 aromatic rings. The number of aliphatic hydroxyl groups excluding tert-OH is 1. The molecule has 5 heteroatoms. The Morgan fingerprint density at radius 3 is 2.79 bits per heavy atom. The number of carbonyl (C=O) groups is 1. The van der Waals surface area contributed by atoms with Crippen LogP contribution in [0.5, 0.6) is 5.75 Å². The van der Waals surface area contributed by atoms with Gasteiger partial charge in [0, 0.05) is 12.6 Å². The van der Waals surface area contributed by atoms with E-state index >= 15 is 0 Å². The van der Waals surface area contributed by atoms with Crippen LogP contribution in [-0.4, -0.2) is 42.3 Å². The summed E-state index contributed by atoms with van der Waals surface area (Å²) in [5, 5.41) is 11.9. The van der Waals surface area contributed by atoms with Crippen molar-refractivity contribution in [2.45, 2.75) is 25.3 Å². The summed E-state index contributed by atoms with van der Waals surface area (Å²) in [6, 6.07) is 7.37. The van der Waals surface area contributed by atoms with Gasteiger partial charge in [0.1, 0.15) is 5.75 Å². The van der Waals surface area contributed by atoms with Gasteiger partial charge in [0.15, 0.2) is 0 Å². The fourth-order valence-electron chi connectivity index (χ4n) is 2.19. The van der Waals surface area contributed by atoms with Gasteiger partial charge in [0.2, 0.25) is 0 Å². The van der Waals surface area contributed by atoms with Gasteiger partial charge < -0.3 is 20.1 Å². The molecule has 5 nitrogen and oxygen atoms in total. The summed E-state index contributed by atoms with van der Waals surface area (Å²) in [5.41, 5.74) is 0.650. The first-order valence-electron chi connectivity index (χ1n) is 6.57. The molecular weight excluding hydrogens is 244 g/mol.